The molecule has 1 fully saturated rings. The lowest BCUT2D eigenvalue weighted by Gasteiger charge is -2.37. The van der Waals surface area contributed by atoms with Gasteiger partial charge in [-0.15, -0.1) is 6.42 Å². The van der Waals surface area contributed by atoms with Crippen LogP contribution in [0, 0.1) is 35.4 Å². The number of carbonyl (C=O) groups excluding carboxylic acids is 1. The highest BCUT2D eigenvalue weighted by molar-refractivity contribution is 6.02. The molecule has 3 heterocycles. The second-order valence-electron chi connectivity index (χ2n) is 6.85. The number of amidine groups is 1. The average molecular weight is 405 g/mol. The van der Waals surface area contributed by atoms with Crippen molar-refractivity contribution >= 4 is 17.6 Å². The van der Waals surface area contributed by atoms with E-state index in [1.807, 2.05) is 6.07 Å². The number of rotatable bonds is 3. The molecule has 0 saturated carbocycles. The Morgan fingerprint density at radius 2 is 2.20 bits per heavy atom. The molecule has 4 rings (SSSR count). The van der Waals surface area contributed by atoms with Gasteiger partial charge in [-0.05, 0) is 30.3 Å². The van der Waals surface area contributed by atoms with E-state index in [0.29, 0.717) is 11.3 Å². The molecule has 0 bridgehead atoms. The van der Waals surface area contributed by atoms with E-state index in [1.54, 1.807) is 0 Å². The molecule has 0 unspecified atom stereocenters. The lowest BCUT2D eigenvalue weighted by atomic mass is 9.76. The van der Waals surface area contributed by atoms with Gasteiger partial charge in [-0.1, -0.05) is 5.92 Å². The summed E-state index contributed by atoms with van der Waals surface area (Å²) in [6, 6.07) is 8.71. The van der Waals surface area contributed by atoms with Crippen molar-refractivity contribution in [1.29, 1.82) is 5.26 Å². The summed E-state index contributed by atoms with van der Waals surface area (Å²) in [4.78, 5) is 20.7. The lowest BCUT2D eigenvalue weighted by molar-refractivity contribution is 0.0940. The molecule has 3 N–H and O–H groups in total. The smallest absolute Gasteiger partial charge is 0.284 e. The van der Waals surface area contributed by atoms with Crippen molar-refractivity contribution in [2.45, 2.75) is 11.6 Å². The summed E-state index contributed by atoms with van der Waals surface area (Å²) in [7, 11) is 0. The summed E-state index contributed by atoms with van der Waals surface area (Å²) < 4.78 is 25.8. The van der Waals surface area contributed by atoms with Crippen LogP contribution in [0.5, 0.6) is 0 Å². The number of hydrogen-bond acceptors (Lipinski definition) is 7. The van der Waals surface area contributed by atoms with E-state index < -0.39 is 29.3 Å². The SMILES string of the molecule is C#C[C@@]1(c2cc(NC(=O)c3ccc(C#N)cn3)ccc2F)N=C(N)O[C@H]2COC[C@H]21. The third-order valence-electron chi connectivity index (χ3n) is 5.10. The second-order valence-corrected chi connectivity index (χ2v) is 6.85. The van der Waals surface area contributed by atoms with Gasteiger partial charge < -0.3 is 20.5 Å². The van der Waals surface area contributed by atoms with Gasteiger partial charge in [0.25, 0.3) is 11.9 Å². The first-order valence-electron chi connectivity index (χ1n) is 9.02. The zero-order valence-electron chi connectivity index (χ0n) is 15.6. The molecule has 9 heteroatoms. The third kappa shape index (κ3) is 3.21. The Morgan fingerprint density at radius 1 is 1.37 bits per heavy atom. The van der Waals surface area contributed by atoms with Gasteiger partial charge in [0.1, 0.15) is 23.7 Å². The maximum atomic E-state index is 14.9. The molecule has 0 radical (unpaired) electrons. The summed E-state index contributed by atoms with van der Waals surface area (Å²) in [6.45, 7) is 0.504. The molecule has 1 saturated heterocycles. The van der Waals surface area contributed by atoms with Gasteiger partial charge in [0.15, 0.2) is 5.54 Å². The molecule has 1 amide bonds. The number of ether oxygens (including phenoxy) is 2. The summed E-state index contributed by atoms with van der Waals surface area (Å²) in [5.41, 5.74) is 5.19. The number of halogens is 1. The van der Waals surface area contributed by atoms with Crippen LogP contribution in [0.1, 0.15) is 21.6 Å². The number of pyridine rings is 1. The van der Waals surface area contributed by atoms with E-state index in [-0.39, 0.29) is 30.5 Å². The highest BCUT2D eigenvalue weighted by Gasteiger charge is 2.52. The van der Waals surface area contributed by atoms with Crippen LogP contribution in [0.4, 0.5) is 10.1 Å². The molecule has 2 aromatic rings. The van der Waals surface area contributed by atoms with Crippen molar-refractivity contribution in [1.82, 2.24) is 4.98 Å². The Morgan fingerprint density at radius 3 is 2.90 bits per heavy atom. The zero-order valence-corrected chi connectivity index (χ0v) is 15.6. The Labute approximate surface area is 171 Å². The first-order valence-corrected chi connectivity index (χ1v) is 9.02. The molecule has 2 aliphatic heterocycles. The van der Waals surface area contributed by atoms with Crippen LogP contribution in [-0.2, 0) is 15.0 Å². The summed E-state index contributed by atoms with van der Waals surface area (Å²) >= 11 is 0. The predicted molar refractivity (Wildman–Crippen MR) is 105 cm³/mol. The number of benzene rings is 1. The fourth-order valence-electron chi connectivity index (χ4n) is 3.64. The minimum atomic E-state index is -1.43. The van der Waals surface area contributed by atoms with Crippen LogP contribution in [0.15, 0.2) is 41.5 Å². The van der Waals surface area contributed by atoms with Crippen LogP contribution in [0.25, 0.3) is 0 Å². The Balaban J connectivity index is 1.69. The van der Waals surface area contributed by atoms with Crippen LogP contribution in [-0.4, -0.2) is 36.2 Å². The Bertz CT molecular complexity index is 1120. The number of nitriles is 1. The van der Waals surface area contributed by atoms with Crippen LogP contribution < -0.4 is 11.1 Å². The monoisotopic (exact) mass is 405 g/mol. The molecule has 2 aliphatic rings. The van der Waals surface area contributed by atoms with E-state index >= 15 is 0 Å². The topological polar surface area (TPSA) is 123 Å². The van der Waals surface area contributed by atoms with E-state index in [0.717, 1.165) is 0 Å². The highest BCUT2D eigenvalue weighted by atomic mass is 19.1. The van der Waals surface area contributed by atoms with Crippen molar-refractivity contribution in [3.8, 4) is 18.4 Å². The molecule has 1 aromatic carbocycles. The van der Waals surface area contributed by atoms with Gasteiger partial charge in [0.05, 0.1) is 24.7 Å². The summed E-state index contributed by atoms with van der Waals surface area (Å²) in [5.74, 6) is 1.03. The normalized spacial score (nSPS) is 24.6. The Kier molecular flexibility index (Phi) is 4.82. The van der Waals surface area contributed by atoms with Crippen LogP contribution in [0.3, 0.4) is 0 Å². The standard InChI is InChI=1S/C21H16FN5O3/c1-2-21(15-10-29-11-18(15)30-20(24)27-21)14-7-13(4-5-16(14)22)26-19(28)17-6-3-12(8-23)9-25-17/h1,3-7,9,15,18H,10-11H2,(H2,24,27)(H,26,28)/t15-,18+,21+/m1/s1. The number of hydrogen-bond donors (Lipinski definition) is 2. The predicted octanol–water partition coefficient (Wildman–Crippen LogP) is 1.53. The number of nitrogens with two attached hydrogens (primary N) is 1. The minimum absolute atomic E-state index is 0.0855. The largest absolute Gasteiger partial charge is 0.459 e. The van der Waals surface area contributed by atoms with Crippen molar-refractivity contribution < 1.29 is 18.7 Å². The lowest BCUT2D eigenvalue weighted by Crippen LogP contribution is -2.48. The fourth-order valence-corrected chi connectivity index (χ4v) is 3.64. The van der Waals surface area contributed by atoms with E-state index in [1.165, 1.54) is 36.5 Å². The number of nitrogens with zero attached hydrogens (tertiary/aromatic N) is 3. The van der Waals surface area contributed by atoms with Gasteiger partial charge >= 0.3 is 0 Å². The number of fused-ring (bicyclic) bond motifs is 1. The van der Waals surface area contributed by atoms with Crippen molar-refractivity contribution in [2.75, 3.05) is 18.5 Å². The molecular formula is C21H16FN5O3. The molecular weight excluding hydrogens is 389 g/mol. The molecule has 8 nitrogen and oxygen atoms in total. The highest BCUT2D eigenvalue weighted by Crippen LogP contribution is 2.43. The van der Waals surface area contributed by atoms with E-state index in [2.05, 4.69) is 21.2 Å². The number of anilines is 1. The van der Waals surface area contributed by atoms with E-state index in [4.69, 9.17) is 26.9 Å². The van der Waals surface area contributed by atoms with Gasteiger partial charge in [-0.3, -0.25) is 4.79 Å². The third-order valence-corrected chi connectivity index (χ3v) is 5.10. The van der Waals surface area contributed by atoms with Gasteiger partial charge in [-0.2, -0.15) is 5.26 Å². The number of aromatic nitrogens is 1. The molecule has 0 spiro atoms. The summed E-state index contributed by atoms with van der Waals surface area (Å²) in [6.07, 6.45) is 6.66. The number of carbonyl (C=O) groups is 1. The summed E-state index contributed by atoms with van der Waals surface area (Å²) in [5, 5.41) is 11.5. The minimum Gasteiger partial charge on any atom is -0.459 e. The molecule has 150 valence electrons. The number of amides is 1. The molecule has 1 aromatic heterocycles. The van der Waals surface area contributed by atoms with Crippen LogP contribution in [0.2, 0.25) is 0 Å². The zero-order chi connectivity index (χ0) is 21.3. The van der Waals surface area contributed by atoms with Crippen molar-refractivity contribution in [3.63, 3.8) is 0 Å². The van der Waals surface area contributed by atoms with E-state index in [9.17, 15) is 9.18 Å². The van der Waals surface area contributed by atoms with Gasteiger partial charge in [0, 0.05) is 17.4 Å². The van der Waals surface area contributed by atoms with Crippen molar-refractivity contribution in [2.24, 2.45) is 16.6 Å². The van der Waals surface area contributed by atoms with Gasteiger partial charge in [-0.25, -0.2) is 14.4 Å². The second kappa shape index (κ2) is 7.47. The van der Waals surface area contributed by atoms with Gasteiger partial charge in [0.2, 0.25) is 0 Å². The number of nitrogens with one attached hydrogen (secondary N) is 1. The maximum Gasteiger partial charge on any atom is 0.284 e. The quantitative estimate of drug-likeness (QED) is 0.747. The first-order chi connectivity index (χ1) is 14.5. The van der Waals surface area contributed by atoms with Crippen LogP contribution >= 0.6 is 0 Å². The average Bonchev–Trinajstić information content (AvgIpc) is 3.23. The molecule has 3 atom stereocenters. The van der Waals surface area contributed by atoms with Crippen molar-refractivity contribution in [3.05, 3.63) is 59.2 Å². The molecule has 0 aliphatic carbocycles. The molecule has 30 heavy (non-hydrogen) atoms. The number of aliphatic imine (C=N–C) groups is 1. The maximum absolute atomic E-state index is 14.9. The Hall–Kier alpha value is -3.95. The number of terminal acetylenes is 1. The fraction of sp³-hybridized carbons (Fsp3) is 0.238. The first kappa shape index (κ1) is 19.4.